The molecule has 5 aromatic rings. The number of halogens is 1. The molecule has 0 unspecified atom stereocenters. The van der Waals surface area contributed by atoms with E-state index < -0.39 is 0 Å². The molecule has 0 spiro atoms. The van der Waals surface area contributed by atoms with Gasteiger partial charge in [-0.3, -0.25) is 9.78 Å². The van der Waals surface area contributed by atoms with Crippen LogP contribution in [0, 0.1) is 19.7 Å². The van der Waals surface area contributed by atoms with Crippen LogP contribution in [-0.2, 0) is 6.42 Å². The SMILES string of the molecule is Cc1cccc(Cc2nccc3c(NC(=O)c4csc5c(N)ncnc45)c(C)ccc23)c1F. The van der Waals surface area contributed by atoms with Crippen LogP contribution in [-0.4, -0.2) is 20.9 Å². The highest BCUT2D eigenvalue weighted by Gasteiger charge is 2.18. The minimum absolute atomic E-state index is 0.220. The van der Waals surface area contributed by atoms with Crippen molar-refractivity contribution < 1.29 is 9.18 Å². The number of aromatic nitrogens is 3. The van der Waals surface area contributed by atoms with Crippen LogP contribution in [0.5, 0.6) is 0 Å². The maximum Gasteiger partial charge on any atom is 0.258 e. The van der Waals surface area contributed by atoms with Gasteiger partial charge in [-0.15, -0.1) is 11.3 Å². The summed E-state index contributed by atoms with van der Waals surface area (Å²) in [7, 11) is 0. The lowest BCUT2D eigenvalue weighted by atomic mass is 9.99. The normalized spacial score (nSPS) is 11.2. The molecule has 6 nitrogen and oxygen atoms in total. The van der Waals surface area contributed by atoms with Crippen LogP contribution in [0.1, 0.15) is 32.7 Å². The Balaban J connectivity index is 1.55. The van der Waals surface area contributed by atoms with Crippen molar-refractivity contribution in [3.05, 3.63) is 88.1 Å². The molecular formula is C25H20FN5OS. The molecule has 0 atom stereocenters. The topological polar surface area (TPSA) is 93.8 Å². The maximum absolute atomic E-state index is 14.6. The van der Waals surface area contributed by atoms with Crippen molar-refractivity contribution in [2.75, 3.05) is 11.1 Å². The summed E-state index contributed by atoms with van der Waals surface area (Å²) in [5.41, 5.74) is 10.4. The Morgan fingerprint density at radius 3 is 2.76 bits per heavy atom. The van der Waals surface area contributed by atoms with Crippen LogP contribution in [0.25, 0.3) is 21.0 Å². The van der Waals surface area contributed by atoms with Crippen LogP contribution in [0.2, 0.25) is 0 Å². The lowest BCUT2D eigenvalue weighted by molar-refractivity contribution is 0.102. The molecular weight excluding hydrogens is 437 g/mol. The first-order valence-corrected chi connectivity index (χ1v) is 11.2. The first-order valence-electron chi connectivity index (χ1n) is 10.3. The molecule has 1 amide bonds. The first-order chi connectivity index (χ1) is 15.9. The fourth-order valence-corrected chi connectivity index (χ4v) is 4.87. The zero-order chi connectivity index (χ0) is 23.1. The number of benzene rings is 2. The summed E-state index contributed by atoms with van der Waals surface area (Å²) in [6.45, 7) is 3.68. The number of anilines is 2. The van der Waals surface area contributed by atoms with E-state index in [-0.39, 0.29) is 11.7 Å². The fourth-order valence-electron chi connectivity index (χ4n) is 3.97. The number of nitrogens with zero attached hydrogens (tertiary/aromatic N) is 3. The van der Waals surface area contributed by atoms with Gasteiger partial charge < -0.3 is 11.1 Å². The van der Waals surface area contributed by atoms with E-state index in [1.165, 1.54) is 17.7 Å². The van der Waals surface area contributed by atoms with Crippen molar-refractivity contribution in [1.29, 1.82) is 0 Å². The number of nitrogen functional groups attached to an aromatic ring is 1. The van der Waals surface area contributed by atoms with E-state index in [0.29, 0.717) is 44.8 Å². The summed E-state index contributed by atoms with van der Waals surface area (Å²) in [6, 6.07) is 11.1. The highest BCUT2D eigenvalue weighted by atomic mass is 32.1. The number of fused-ring (bicyclic) bond motifs is 2. The summed E-state index contributed by atoms with van der Waals surface area (Å²) in [6.07, 6.45) is 3.40. The maximum atomic E-state index is 14.6. The number of rotatable bonds is 4. The van der Waals surface area contributed by atoms with Gasteiger partial charge in [0, 0.05) is 28.8 Å². The number of thiophene rings is 1. The number of nitrogens with two attached hydrogens (primary N) is 1. The third-order valence-corrected chi connectivity index (χ3v) is 6.72. The minimum atomic E-state index is -0.280. The van der Waals surface area contributed by atoms with Gasteiger partial charge in [-0.25, -0.2) is 14.4 Å². The second-order valence-electron chi connectivity index (χ2n) is 7.88. The van der Waals surface area contributed by atoms with Gasteiger partial charge in [-0.1, -0.05) is 30.3 Å². The number of hydrogen-bond acceptors (Lipinski definition) is 6. The highest BCUT2D eigenvalue weighted by molar-refractivity contribution is 7.18. The third kappa shape index (κ3) is 3.68. The van der Waals surface area contributed by atoms with Gasteiger partial charge in [0.05, 0.1) is 27.2 Å². The minimum Gasteiger partial charge on any atom is -0.382 e. The van der Waals surface area contributed by atoms with Crippen LogP contribution in [0.3, 0.4) is 0 Å². The lowest BCUT2D eigenvalue weighted by Crippen LogP contribution is -2.13. The number of hydrogen-bond donors (Lipinski definition) is 2. The van der Waals surface area contributed by atoms with Gasteiger partial charge in [0.2, 0.25) is 0 Å². The van der Waals surface area contributed by atoms with Crippen LogP contribution in [0.15, 0.2) is 54.3 Å². The van der Waals surface area contributed by atoms with E-state index in [2.05, 4.69) is 20.3 Å². The Bertz CT molecular complexity index is 1550. The molecule has 0 saturated carbocycles. The van der Waals surface area contributed by atoms with Crippen molar-refractivity contribution in [1.82, 2.24) is 15.0 Å². The van der Waals surface area contributed by atoms with Crippen molar-refractivity contribution in [2.24, 2.45) is 0 Å². The van der Waals surface area contributed by atoms with Gasteiger partial charge in [0.15, 0.2) is 0 Å². The molecule has 0 saturated heterocycles. The van der Waals surface area contributed by atoms with Crippen molar-refractivity contribution in [3.8, 4) is 0 Å². The quantitative estimate of drug-likeness (QED) is 0.376. The summed E-state index contributed by atoms with van der Waals surface area (Å²) in [5.74, 6) is -0.148. The molecule has 3 N–H and O–H groups in total. The standard InChI is InChI=1S/C25H20FN5OS/c1-13-4-3-5-15(20(13)26)10-19-16-7-6-14(2)21(17(16)8-9-28-19)31-25(32)18-11-33-23-22(18)29-12-30-24(23)27/h3-9,11-12H,10H2,1-2H3,(H,31,32)(H2,27,29,30). The third-order valence-electron chi connectivity index (χ3n) is 5.73. The molecule has 0 radical (unpaired) electrons. The zero-order valence-corrected chi connectivity index (χ0v) is 18.8. The molecule has 5 rings (SSSR count). The predicted molar refractivity (Wildman–Crippen MR) is 130 cm³/mol. The smallest absolute Gasteiger partial charge is 0.258 e. The lowest BCUT2D eigenvalue weighted by Gasteiger charge is -2.14. The fraction of sp³-hybridized carbons (Fsp3) is 0.120. The molecule has 0 aliphatic carbocycles. The molecule has 0 aliphatic rings. The molecule has 33 heavy (non-hydrogen) atoms. The Kier molecular flexibility index (Phi) is 5.22. The summed E-state index contributed by atoms with van der Waals surface area (Å²) in [4.78, 5) is 25.9. The van der Waals surface area contributed by atoms with Gasteiger partial charge in [-0.05, 0) is 36.6 Å². The Morgan fingerprint density at radius 2 is 1.91 bits per heavy atom. The molecule has 2 aromatic carbocycles. The Hall–Kier alpha value is -3.91. The van der Waals surface area contributed by atoms with Crippen LogP contribution < -0.4 is 11.1 Å². The number of amides is 1. The molecule has 3 aromatic heterocycles. The van der Waals surface area contributed by atoms with Gasteiger partial charge in [0.25, 0.3) is 5.91 Å². The van der Waals surface area contributed by atoms with Crippen LogP contribution >= 0.6 is 11.3 Å². The summed E-state index contributed by atoms with van der Waals surface area (Å²) in [5, 5.41) is 6.48. The molecule has 0 aliphatic heterocycles. The average Bonchev–Trinajstić information content (AvgIpc) is 3.24. The summed E-state index contributed by atoms with van der Waals surface area (Å²) < 4.78 is 15.3. The van der Waals surface area contributed by atoms with Crippen molar-refractivity contribution in [3.63, 3.8) is 0 Å². The van der Waals surface area contributed by atoms with E-state index in [1.807, 2.05) is 31.2 Å². The van der Waals surface area contributed by atoms with E-state index in [0.717, 1.165) is 22.0 Å². The molecule has 164 valence electrons. The van der Waals surface area contributed by atoms with Gasteiger partial charge >= 0.3 is 0 Å². The zero-order valence-electron chi connectivity index (χ0n) is 18.0. The largest absolute Gasteiger partial charge is 0.382 e. The number of nitrogens with one attached hydrogen (secondary N) is 1. The number of aryl methyl sites for hydroxylation is 2. The van der Waals surface area contributed by atoms with E-state index in [4.69, 9.17) is 5.73 Å². The second-order valence-corrected chi connectivity index (χ2v) is 8.75. The van der Waals surface area contributed by atoms with E-state index >= 15 is 0 Å². The predicted octanol–water partition coefficient (Wildman–Crippen LogP) is 5.42. The average molecular weight is 458 g/mol. The Morgan fingerprint density at radius 1 is 1.06 bits per heavy atom. The number of carbonyl (C=O) groups is 1. The highest BCUT2D eigenvalue weighted by Crippen LogP contribution is 2.32. The molecule has 3 heterocycles. The second kappa shape index (κ2) is 8.22. The van der Waals surface area contributed by atoms with E-state index in [1.54, 1.807) is 30.6 Å². The van der Waals surface area contributed by atoms with Crippen LogP contribution in [0.4, 0.5) is 15.9 Å². The monoisotopic (exact) mass is 457 g/mol. The number of pyridine rings is 1. The summed E-state index contributed by atoms with van der Waals surface area (Å²) >= 11 is 1.34. The molecule has 0 fully saturated rings. The number of carbonyl (C=O) groups excluding carboxylic acids is 1. The van der Waals surface area contributed by atoms with E-state index in [9.17, 15) is 9.18 Å². The first kappa shape index (κ1) is 21.0. The Labute approximate surface area is 193 Å². The van der Waals surface area contributed by atoms with Gasteiger partial charge in [0.1, 0.15) is 18.0 Å². The van der Waals surface area contributed by atoms with Gasteiger partial charge in [-0.2, -0.15) is 0 Å². The molecule has 0 bridgehead atoms. The van der Waals surface area contributed by atoms with Crippen molar-refractivity contribution >= 4 is 49.7 Å². The van der Waals surface area contributed by atoms with Crippen molar-refractivity contribution in [2.45, 2.75) is 20.3 Å². The molecule has 8 heteroatoms.